The first kappa shape index (κ1) is 20.7. The summed E-state index contributed by atoms with van der Waals surface area (Å²) >= 11 is 1.39. The Morgan fingerprint density at radius 2 is 1.83 bits per heavy atom. The van der Waals surface area contributed by atoms with Crippen molar-refractivity contribution in [2.75, 3.05) is 11.9 Å². The van der Waals surface area contributed by atoms with Crippen LogP contribution in [0.5, 0.6) is 0 Å². The molecule has 7 heteroatoms. The van der Waals surface area contributed by atoms with Crippen molar-refractivity contribution in [1.82, 2.24) is 15.5 Å². The number of benzene rings is 2. The minimum absolute atomic E-state index is 0.181. The van der Waals surface area contributed by atoms with Gasteiger partial charge in [-0.1, -0.05) is 59.4 Å². The lowest BCUT2D eigenvalue weighted by Crippen LogP contribution is -2.27. The van der Waals surface area contributed by atoms with Crippen LogP contribution in [-0.2, 0) is 17.6 Å². The molecule has 0 saturated carbocycles. The zero-order valence-electron chi connectivity index (χ0n) is 16.4. The Morgan fingerprint density at radius 3 is 2.62 bits per heavy atom. The van der Waals surface area contributed by atoms with Crippen LogP contribution in [0, 0.1) is 6.92 Å². The van der Waals surface area contributed by atoms with Gasteiger partial charge in [0.2, 0.25) is 11.0 Å². The molecule has 3 aromatic rings. The quantitative estimate of drug-likeness (QED) is 0.564. The number of nitrogens with one attached hydrogen (secondary N) is 2. The molecular formula is C22H24N4O2S. The first-order valence-corrected chi connectivity index (χ1v) is 10.4. The average molecular weight is 409 g/mol. The van der Waals surface area contributed by atoms with Crippen LogP contribution < -0.4 is 10.6 Å². The molecule has 2 amide bonds. The summed E-state index contributed by atoms with van der Waals surface area (Å²) in [5.41, 5.74) is 2.92. The Bertz CT molecular complexity index is 956. The molecule has 6 nitrogen and oxygen atoms in total. The molecule has 1 aromatic heterocycles. The Kier molecular flexibility index (Phi) is 7.47. The maximum atomic E-state index is 12.1. The topological polar surface area (TPSA) is 84.0 Å². The highest BCUT2D eigenvalue weighted by Crippen LogP contribution is 2.17. The highest BCUT2D eigenvalue weighted by atomic mass is 32.1. The minimum Gasteiger partial charge on any atom is -0.352 e. The van der Waals surface area contributed by atoms with E-state index in [1.807, 2.05) is 43.3 Å². The summed E-state index contributed by atoms with van der Waals surface area (Å²) in [6.07, 6.45) is 2.98. The van der Waals surface area contributed by atoms with Gasteiger partial charge in [0.15, 0.2) is 0 Å². The van der Waals surface area contributed by atoms with Crippen molar-refractivity contribution in [2.24, 2.45) is 0 Å². The number of aromatic nitrogens is 2. The molecule has 0 aliphatic carbocycles. The number of nitrogens with zero attached hydrogens (tertiary/aromatic N) is 2. The van der Waals surface area contributed by atoms with Crippen LogP contribution in [0.2, 0.25) is 0 Å². The third-order valence-electron chi connectivity index (χ3n) is 4.33. The molecule has 0 spiro atoms. The third kappa shape index (κ3) is 6.80. The molecule has 0 atom stereocenters. The van der Waals surface area contributed by atoms with E-state index in [9.17, 15) is 9.59 Å². The third-order valence-corrected chi connectivity index (χ3v) is 5.23. The zero-order chi connectivity index (χ0) is 20.5. The van der Waals surface area contributed by atoms with Crippen molar-refractivity contribution in [3.63, 3.8) is 0 Å². The second-order valence-corrected chi connectivity index (χ2v) is 7.83. The molecule has 0 unspecified atom stereocenters. The van der Waals surface area contributed by atoms with Crippen molar-refractivity contribution < 1.29 is 9.59 Å². The number of rotatable bonds is 9. The summed E-state index contributed by atoms with van der Waals surface area (Å²) in [4.78, 5) is 24.1. The van der Waals surface area contributed by atoms with E-state index < -0.39 is 0 Å². The van der Waals surface area contributed by atoms with Crippen LogP contribution in [0.1, 0.15) is 39.3 Å². The molecule has 150 valence electrons. The standard InChI is InChI=1S/C22H24N4O2S/c1-16-7-5-11-18(15-16)21(28)23-14-13-19(27)24-22-26-25-20(29-22)12-6-10-17-8-3-2-4-9-17/h2-5,7-9,11,15H,6,10,12-14H2,1H3,(H,23,28)(H,24,26,27). The van der Waals surface area contributed by atoms with E-state index in [1.165, 1.54) is 16.9 Å². The Morgan fingerprint density at radius 1 is 1.00 bits per heavy atom. The number of hydrogen-bond acceptors (Lipinski definition) is 5. The summed E-state index contributed by atoms with van der Waals surface area (Å²) < 4.78 is 0. The van der Waals surface area contributed by atoms with E-state index in [-0.39, 0.29) is 24.8 Å². The van der Waals surface area contributed by atoms with Gasteiger partial charge in [0.25, 0.3) is 5.91 Å². The van der Waals surface area contributed by atoms with Crippen LogP contribution >= 0.6 is 11.3 Å². The molecule has 0 radical (unpaired) electrons. The molecule has 3 rings (SSSR count). The monoisotopic (exact) mass is 408 g/mol. The molecule has 0 fully saturated rings. The van der Waals surface area contributed by atoms with Crippen molar-refractivity contribution in [3.05, 3.63) is 76.3 Å². The van der Waals surface area contributed by atoms with Crippen LogP contribution in [-0.4, -0.2) is 28.6 Å². The smallest absolute Gasteiger partial charge is 0.251 e. The highest BCUT2D eigenvalue weighted by Gasteiger charge is 2.10. The van der Waals surface area contributed by atoms with E-state index in [0.717, 1.165) is 29.8 Å². The summed E-state index contributed by atoms with van der Waals surface area (Å²) in [5.74, 6) is -0.375. The second-order valence-electron chi connectivity index (χ2n) is 6.76. The number of carbonyl (C=O) groups is 2. The Hall–Kier alpha value is -3.06. The van der Waals surface area contributed by atoms with E-state index in [2.05, 4.69) is 33.0 Å². The van der Waals surface area contributed by atoms with Gasteiger partial charge in [0, 0.05) is 24.9 Å². The van der Waals surface area contributed by atoms with E-state index in [1.54, 1.807) is 6.07 Å². The predicted molar refractivity (Wildman–Crippen MR) is 115 cm³/mol. The largest absolute Gasteiger partial charge is 0.352 e. The summed E-state index contributed by atoms with van der Waals surface area (Å²) in [5, 5.41) is 15.1. The van der Waals surface area contributed by atoms with E-state index >= 15 is 0 Å². The summed E-state index contributed by atoms with van der Waals surface area (Å²) in [6, 6.07) is 17.7. The molecule has 2 N–H and O–H groups in total. The van der Waals surface area contributed by atoms with Crippen molar-refractivity contribution in [2.45, 2.75) is 32.6 Å². The van der Waals surface area contributed by atoms with Gasteiger partial charge in [-0.15, -0.1) is 10.2 Å². The Balaban J connectivity index is 1.37. The first-order chi connectivity index (χ1) is 14.1. The van der Waals surface area contributed by atoms with E-state index in [4.69, 9.17) is 0 Å². The van der Waals surface area contributed by atoms with Crippen molar-refractivity contribution in [3.8, 4) is 0 Å². The van der Waals surface area contributed by atoms with Gasteiger partial charge in [-0.05, 0) is 37.5 Å². The van der Waals surface area contributed by atoms with Gasteiger partial charge < -0.3 is 10.6 Å². The second kappa shape index (κ2) is 10.5. The zero-order valence-corrected chi connectivity index (χ0v) is 17.2. The summed E-state index contributed by atoms with van der Waals surface area (Å²) in [7, 11) is 0. The number of anilines is 1. The molecule has 0 aliphatic heterocycles. The molecule has 0 bridgehead atoms. The first-order valence-electron chi connectivity index (χ1n) is 9.61. The summed E-state index contributed by atoms with van der Waals surface area (Å²) in [6.45, 7) is 2.20. The molecular weight excluding hydrogens is 384 g/mol. The van der Waals surface area contributed by atoms with E-state index in [0.29, 0.717) is 10.7 Å². The number of carbonyl (C=O) groups excluding carboxylic acids is 2. The maximum Gasteiger partial charge on any atom is 0.251 e. The maximum absolute atomic E-state index is 12.1. The van der Waals surface area contributed by atoms with Gasteiger partial charge in [0.1, 0.15) is 5.01 Å². The molecule has 2 aromatic carbocycles. The van der Waals surface area contributed by atoms with Crippen LogP contribution in [0.4, 0.5) is 5.13 Å². The van der Waals surface area contributed by atoms with Gasteiger partial charge in [-0.25, -0.2) is 0 Å². The SMILES string of the molecule is Cc1cccc(C(=O)NCCC(=O)Nc2nnc(CCCc3ccccc3)s2)c1. The highest BCUT2D eigenvalue weighted by molar-refractivity contribution is 7.15. The number of aryl methyl sites for hydroxylation is 3. The minimum atomic E-state index is -0.193. The van der Waals surface area contributed by atoms with Gasteiger partial charge in [-0.3, -0.25) is 9.59 Å². The Labute approximate surface area is 174 Å². The van der Waals surface area contributed by atoms with Crippen LogP contribution in [0.15, 0.2) is 54.6 Å². The lowest BCUT2D eigenvalue weighted by Gasteiger charge is -2.05. The van der Waals surface area contributed by atoms with Crippen molar-refractivity contribution >= 4 is 28.3 Å². The van der Waals surface area contributed by atoms with Gasteiger partial charge in [0.05, 0.1) is 0 Å². The van der Waals surface area contributed by atoms with Gasteiger partial charge >= 0.3 is 0 Å². The lowest BCUT2D eigenvalue weighted by atomic mass is 10.1. The van der Waals surface area contributed by atoms with Crippen LogP contribution in [0.25, 0.3) is 0 Å². The number of amides is 2. The molecule has 29 heavy (non-hydrogen) atoms. The average Bonchev–Trinajstić information content (AvgIpc) is 3.15. The fourth-order valence-electron chi connectivity index (χ4n) is 2.85. The molecule has 0 saturated heterocycles. The molecule has 0 aliphatic rings. The predicted octanol–water partition coefficient (Wildman–Crippen LogP) is 3.78. The van der Waals surface area contributed by atoms with Crippen LogP contribution in [0.3, 0.4) is 0 Å². The lowest BCUT2D eigenvalue weighted by molar-refractivity contribution is -0.116. The normalized spacial score (nSPS) is 10.5. The van der Waals surface area contributed by atoms with Crippen molar-refractivity contribution in [1.29, 1.82) is 0 Å². The number of hydrogen-bond donors (Lipinski definition) is 2. The van der Waals surface area contributed by atoms with Gasteiger partial charge in [-0.2, -0.15) is 0 Å². The fraction of sp³-hybridized carbons (Fsp3) is 0.273. The fourth-order valence-corrected chi connectivity index (χ4v) is 3.65. The molecule has 1 heterocycles.